The van der Waals surface area contributed by atoms with E-state index < -0.39 is 5.60 Å². The van der Waals surface area contributed by atoms with Gasteiger partial charge in [-0.2, -0.15) is 0 Å². The molecule has 53 heavy (non-hydrogen) atoms. The lowest BCUT2D eigenvalue weighted by molar-refractivity contribution is -0.156. The van der Waals surface area contributed by atoms with Crippen LogP contribution in [0.15, 0.2) is 104 Å². The number of piperazine rings is 1. The highest BCUT2D eigenvalue weighted by Crippen LogP contribution is 2.34. The number of carbonyl (C=O) groups excluding carboxylic acids is 2. The summed E-state index contributed by atoms with van der Waals surface area (Å²) in [6.07, 6.45) is 10.7. The van der Waals surface area contributed by atoms with Gasteiger partial charge < -0.3 is 14.4 Å². The Labute approximate surface area is 313 Å². The van der Waals surface area contributed by atoms with E-state index in [0.717, 1.165) is 65.0 Å². The number of allylic oxidation sites excluding steroid dienone is 1. The number of esters is 1. The molecule has 1 saturated heterocycles. The van der Waals surface area contributed by atoms with E-state index in [-0.39, 0.29) is 24.7 Å². The second-order valence-corrected chi connectivity index (χ2v) is 14.7. The minimum absolute atomic E-state index is 0.000580. The predicted octanol–water partition coefficient (Wildman–Crippen LogP) is 8.44. The van der Waals surface area contributed by atoms with Crippen molar-refractivity contribution in [2.24, 2.45) is 0 Å². The van der Waals surface area contributed by atoms with Gasteiger partial charge in [0.15, 0.2) is 0 Å². The van der Waals surface area contributed by atoms with Crippen molar-refractivity contribution < 1.29 is 19.1 Å². The van der Waals surface area contributed by atoms with Crippen molar-refractivity contribution >= 4 is 28.2 Å². The molecule has 2 aromatic heterocycles. The van der Waals surface area contributed by atoms with Gasteiger partial charge in [0, 0.05) is 86.9 Å². The smallest absolute Gasteiger partial charge is 0.306 e. The molecule has 274 valence electrons. The quantitative estimate of drug-likeness (QED) is 0.120. The predicted molar refractivity (Wildman–Crippen MR) is 211 cm³/mol. The second-order valence-electron chi connectivity index (χ2n) is 14.7. The Morgan fingerprint density at radius 2 is 1.57 bits per heavy atom. The van der Waals surface area contributed by atoms with E-state index in [2.05, 4.69) is 95.5 Å². The largest absolute Gasteiger partial charge is 0.493 e. The zero-order valence-electron chi connectivity index (χ0n) is 31.6. The molecule has 1 fully saturated rings. The Hall–Kier alpha value is -5.34. The van der Waals surface area contributed by atoms with Gasteiger partial charge in [-0.25, -0.2) is 0 Å². The van der Waals surface area contributed by atoms with Crippen LogP contribution < -0.4 is 4.74 Å². The van der Waals surface area contributed by atoms with Gasteiger partial charge in [-0.05, 0) is 91.6 Å². The maximum Gasteiger partial charge on any atom is 0.306 e. The molecular formula is C45H50N4O4. The molecule has 5 aromatic rings. The molecule has 1 aliphatic heterocycles. The fourth-order valence-corrected chi connectivity index (χ4v) is 6.88. The number of amides is 1. The van der Waals surface area contributed by atoms with Gasteiger partial charge in [-0.15, -0.1) is 0 Å². The highest BCUT2D eigenvalue weighted by Gasteiger charge is 2.24. The number of benzene rings is 3. The molecule has 0 saturated carbocycles. The highest BCUT2D eigenvalue weighted by molar-refractivity contribution is 5.96. The summed E-state index contributed by atoms with van der Waals surface area (Å²) < 4.78 is 12.0. The highest BCUT2D eigenvalue weighted by atomic mass is 16.6. The second kappa shape index (κ2) is 17.0. The first-order valence-electron chi connectivity index (χ1n) is 18.6. The van der Waals surface area contributed by atoms with Gasteiger partial charge in [0.05, 0.1) is 13.0 Å². The minimum atomic E-state index is -0.551. The fraction of sp³-hybridized carbons (Fsp3) is 0.333. The van der Waals surface area contributed by atoms with Crippen molar-refractivity contribution in [1.29, 1.82) is 0 Å². The number of aromatic nitrogens is 2. The molecule has 0 spiro atoms. The first-order chi connectivity index (χ1) is 25.6. The van der Waals surface area contributed by atoms with Gasteiger partial charge in [0.1, 0.15) is 11.4 Å². The molecule has 6 rings (SSSR count). The van der Waals surface area contributed by atoms with Crippen molar-refractivity contribution in [1.82, 2.24) is 19.8 Å². The lowest BCUT2D eigenvalue weighted by atomic mass is 9.94. The maximum atomic E-state index is 12.9. The third-order valence-electron chi connectivity index (χ3n) is 9.65. The van der Waals surface area contributed by atoms with Gasteiger partial charge >= 0.3 is 5.97 Å². The van der Waals surface area contributed by atoms with E-state index >= 15 is 0 Å². The number of rotatable bonds is 12. The summed E-state index contributed by atoms with van der Waals surface area (Å²) in [5, 5.41) is 2.33. The van der Waals surface area contributed by atoms with Crippen molar-refractivity contribution in [3.63, 3.8) is 0 Å². The molecule has 0 bridgehead atoms. The topological polar surface area (TPSA) is 84.9 Å². The number of carbonyl (C=O) groups is 2. The zero-order valence-corrected chi connectivity index (χ0v) is 31.6. The Balaban J connectivity index is 1.12. The first kappa shape index (κ1) is 37.4. The molecule has 0 unspecified atom stereocenters. The maximum absolute atomic E-state index is 12.9. The monoisotopic (exact) mass is 710 g/mol. The Morgan fingerprint density at radius 1 is 0.830 bits per heavy atom. The van der Waals surface area contributed by atoms with Crippen molar-refractivity contribution in [3.05, 3.63) is 131 Å². The van der Waals surface area contributed by atoms with Gasteiger partial charge in [0.2, 0.25) is 5.91 Å². The van der Waals surface area contributed by atoms with Crippen LogP contribution >= 0.6 is 0 Å². The van der Waals surface area contributed by atoms with Crippen LogP contribution in [0.2, 0.25) is 0 Å². The molecule has 8 nitrogen and oxygen atoms in total. The van der Waals surface area contributed by atoms with Crippen LogP contribution in [0.3, 0.4) is 0 Å². The van der Waals surface area contributed by atoms with Crippen LogP contribution in [0.1, 0.15) is 68.4 Å². The summed E-state index contributed by atoms with van der Waals surface area (Å²) in [6.45, 7) is 13.7. The molecule has 3 heterocycles. The molecule has 0 atom stereocenters. The summed E-state index contributed by atoms with van der Waals surface area (Å²) in [4.78, 5) is 38.0. The lowest BCUT2D eigenvalue weighted by Crippen LogP contribution is -2.48. The summed E-state index contributed by atoms with van der Waals surface area (Å²) in [6, 6.07) is 25.7. The molecule has 1 amide bonds. The number of pyridine rings is 2. The molecule has 0 aliphatic carbocycles. The van der Waals surface area contributed by atoms with Gasteiger partial charge in [-0.1, -0.05) is 60.7 Å². The van der Waals surface area contributed by atoms with Crippen molar-refractivity contribution in [2.75, 3.05) is 32.8 Å². The molecule has 3 aromatic carbocycles. The molecule has 0 N–H and O–H groups in total. The Kier molecular flexibility index (Phi) is 12.0. The van der Waals surface area contributed by atoms with Gasteiger partial charge in [0.25, 0.3) is 0 Å². The number of fused-ring (bicyclic) bond motifs is 1. The molecule has 8 heteroatoms. The van der Waals surface area contributed by atoms with E-state index in [1.54, 1.807) is 0 Å². The van der Waals surface area contributed by atoms with E-state index in [0.29, 0.717) is 19.7 Å². The summed E-state index contributed by atoms with van der Waals surface area (Å²) in [7, 11) is 0. The van der Waals surface area contributed by atoms with Crippen LogP contribution in [0.5, 0.6) is 5.75 Å². The van der Waals surface area contributed by atoms with Crippen molar-refractivity contribution in [3.8, 4) is 16.9 Å². The number of nitrogens with zero attached hydrogens (tertiary/aromatic N) is 4. The number of ether oxygens (including phenoxy) is 2. The summed E-state index contributed by atoms with van der Waals surface area (Å²) in [5.41, 5.74) is 8.51. The Morgan fingerprint density at radius 3 is 2.30 bits per heavy atom. The van der Waals surface area contributed by atoms with E-state index in [1.165, 1.54) is 22.1 Å². The van der Waals surface area contributed by atoms with Crippen LogP contribution in [0, 0.1) is 6.92 Å². The standard InChI is InChI=1S/C45H50N4O4/c1-6-37(40-29-46-21-18-32(40)2)39-15-12-34(31-48-23-25-49(26-24-48)43(50)16-17-44(51)53-45(3,4)5)28-42(39)52-27-20-33-10-13-36(14-11-33)38-9-7-8-35-19-22-47-30-41(35)38/h6-15,18-19,21-22,28-30H,16-17,20,23-27,31H2,1-5H3/b37-6-. The fourth-order valence-electron chi connectivity index (χ4n) is 6.88. The molecule has 1 aliphatic rings. The van der Waals surface area contributed by atoms with Crippen LogP contribution in [-0.4, -0.2) is 70.0 Å². The average Bonchev–Trinajstić information content (AvgIpc) is 3.15. The SMILES string of the molecule is C/C=C(\c1cnccc1C)c1ccc(CN2CCN(C(=O)CCC(=O)OC(C)(C)C)CC2)cc1OCCc1ccc(-c2cccc3ccncc23)cc1. The van der Waals surface area contributed by atoms with Gasteiger partial charge in [-0.3, -0.25) is 24.5 Å². The van der Waals surface area contributed by atoms with E-state index in [4.69, 9.17) is 9.47 Å². The van der Waals surface area contributed by atoms with Crippen LogP contribution in [-0.2, 0) is 27.3 Å². The average molecular weight is 711 g/mol. The zero-order chi connectivity index (χ0) is 37.4. The van der Waals surface area contributed by atoms with Crippen molar-refractivity contribution in [2.45, 2.75) is 66.0 Å². The van der Waals surface area contributed by atoms with E-state index in [1.807, 2.05) is 62.6 Å². The normalized spacial score (nSPS) is 14.0. The molecule has 0 radical (unpaired) electrons. The number of aryl methyl sites for hydroxylation is 1. The number of hydrogen-bond donors (Lipinski definition) is 0. The first-order valence-corrected chi connectivity index (χ1v) is 18.6. The lowest BCUT2D eigenvalue weighted by Gasteiger charge is -2.35. The number of hydrogen-bond acceptors (Lipinski definition) is 7. The minimum Gasteiger partial charge on any atom is -0.493 e. The third-order valence-corrected chi connectivity index (χ3v) is 9.65. The molecular weight excluding hydrogens is 661 g/mol. The van der Waals surface area contributed by atoms with E-state index in [9.17, 15) is 9.59 Å². The summed E-state index contributed by atoms with van der Waals surface area (Å²) in [5.74, 6) is 0.508. The third kappa shape index (κ3) is 9.76. The van der Waals surface area contributed by atoms with Crippen LogP contribution in [0.25, 0.3) is 27.5 Å². The summed E-state index contributed by atoms with van der Waals surface area (Å²) >= 11 is 0. The Bertz CT molecular complexity index is 2070. The van der Waals surface area contributed by atoms with Crippen LogP contribution in [0.4, 0.5) is 0 Å².